The second-order valence-corrected chi connectivity index (χ2v) is 7.43. The summed E-state index contributed by atoms with van der Waals surface area (Å²) >= 11 is 0. The number of aromatic nitrogens is 2. The van der Waals surface area contributed by atoms with E-state index in [1.54, 1.807) is 6.20 Å². The lowest BCUT2D eigenvalue weighted by Gasteiger charge is -2.44. The quantitative estimate of drug-likeness (QED) is 0.666. The van der Waals surface area contributed by atoms with Gasteiger partial charge in [-0.05, 0) is 36.6 Å². The Bertz CT molecular complexity index is 1010. The molecular formula is C22H21N3O2. The van der Waals surface area contributed by atoms with Crippen LogP contribution in [0.5, 0.6) is 5.75 Å². The van der Waals surface area contributed by atoms with Crippen molar-refractivity contribution < 1.29 is 9.53 Å². The Kier molecular flexibility index (Phi) is 3.81. The molecule has 5 nitrogen and oxygen atoms in total. The summed E-state index contributed by atoms with van der Waals surface area (Å²) in [6.45, 7) is 1.38. The average Bonchev–Trinajstić information content (AvgIpc) is 2.73. The first-order valence-corrected chi connectivity index (χ1v) is 9.51. The standard InChI is InChI=1S/C22H21N3O2/c26-21(19-15-23-17-6-2-3-7-18(17)24-19)25-13-11-22(12-14-25)10-9-16-5-1-4-8-20(16)27-22/h1-8,15H,9-14H2. The van der Waals surface area contributed by atoms with Crippen LogP contribution in [0.15, 0.2) is 54.7 Å². The number of para-hydroxylation sites is 3. The number of carbonyl (C=O) groups excluding carboxylic acids is 1. The highest BCUT2D eigenvalue weighted by Gasteiger charge is 2.40. The van der Waals surface area contributed by atoms with Crippen molar-refractivity contribution in [2.24, 2.45) is 0 Å². The number of hydrogen-bond donors (Lipinski definition) is 0. The number of carbonyl (C=O) groups is 1. The summed E-state index contributed by atoms with van der Waals surface area (Å²) in [5.41, 5.74) is 3.12. The molecule has 5 rings (SSSR count). The van der Waals surface area contributed by atoms with Gasteiger partial charge in [-0.25, -0.2) is 4.98 Å². The zero-order chi connectivity index (χ0) is 18.3. The minimum absolute atomic E-state index is 0.0423. The van der Waals surface area contributed by atoms with E-state index < -0.39 is 0 Å². The fraction of sp³-hybridized carbons (Fsp3) is 0.318. The summed E-state index contributed by atoms with van der Waals surface area (Å²) in [5, 5.41) is 0. The fourth-order valence-corrected chi connectivity index (χ4v) is 4.15. The maximum atomic E-state index is 12.9. The molecule has 0 radical (unpaired) electrons. The second-order valence-electron chi connectivity index (χ2n) is 7.43. The van der Waals surface area contributed by atoms with E-state index in [-0.39, 0.29) is 11.5 Å². The van der Waals surface area contributed by atoms with E-state index >= 15 is 0 Å². The van der Waals surface area contributed by atoms with Crippen LogP contribution in [0.3, 0.4) is 0 Å². The van der Waals surface area contributed by atoms with Crippen molar-refractivity contribution >= 4 is 16.9 Å². The van der Waals surface area contributed by atoms with Crippen LogP contribution in [0.1, 0.15) is 35.3 Å². The number of rotatable bonds is 1. The smallest absolute Gasteiger partial charge is 0.274 e. The van der Waals surface area contributed by atoms with Crippen molar-refractivity contribution in [3.8, 4) is 5.75 Å². The molecule has 1 saturated heterocycles. The Morgan fingerprint density at radius 1 is 0.963 bits per heavy atom. The number of nitrogens with zero attached hydrogens (tertiary/aromatic N) is 3. The lowest BCUT2D eigenvalue weighted by atomic mass is 9.83. The first-order valence-electron chi connectivity index (χ1n) is 9.51. The predicted octanol–water partition coefficient (Wildman–Crippen LogP) is 3.63. The molecular weight excluding hydrogens is 338 g/mol. The zero-order valence-electron chi connectivity index (χ0n) is 15.1. The van der Waals surface area contributed by atoms with Crippen molar-refractivity contribution in [1.29, 1.82) is 0 Å². The first-order chi connectivity index (χ1) is 13.2. The monoisotopic (exact) mass is 359 g/mol. The highest BCUT2D eigenvalue weighted by molar-refractivity contribution is 5.93. The van der Waals surface area contributed by atoms with Gasteiger partial charge >= 0.3 is 0 Å². The lowest BCUT2D eigenvalue weighted by Crippen LogP contribution is -2.51. The third-order valence-electron chi connectivity index (χ3n) is 5.78. The van der Waals surface area contributed by atoms with Gasteiger partial charge in [0.15, 0.2) is 0 Å². The molecule has 2 aliphatic heterocycles. The van der Waals surface area contributed by atoms with E-state index in [9.17, 15) is 4.79 Å². The zero-order valence-corrected chi connectivity index (χ0v) is 15.1. The molecule has 3 heterocycles. The molecule has 1 spiro atoms. The summed E-state index contributed by atoms with van der Waals surface area (Å²) in [6, 6.07) is 15.9. The van der Waals surface area contributed by atoms with Crippen molar-refractivity contribution in [2.75, 3.05) is 13.1 Å². The van der Waals surface area contributed by atoms with Crippen LogP contribution in [-0.4, -0.2) is 39.5 Å². The maximum Gasteiger partial charge on any atom is 0.274 e. The molecule has 2 aromatic carbocycles. The van der Waals surface area contributed by atoms with Gasteiger partial charge in [0.05, 0.1) is 17.2 Å². The minimum Gasteiger partial charge on any atom is -0.487 e. The molecule has 0 bridgehead atoms. The van der Waals surface area contributed by atoms with Gasteiger partial charge in [-0.15, -0.1) is 0 Å². The third kappa shape index (κ3) is 2.93. The number of likely N-dealkylation sites (tertiary alicyclic amines) is 1. The van der Waals surface area contributed by atoms with Crippen LogP contribution in [0.2, 0.25) is 0 Å². The van der Waals surface area contributed by atoms with Gasteiger partial charge in [-0.1, -0.05) is 30.3 Å². The summed E-state index contributed by atoms with van der Waals surface area (Å²) in [6.07, 6.45) is 5.35. The van der Waals surface area contributed by atoms with E-state index in [2.05, 4.69) is 28.2 Å². The highest BCUT2D eigenvalue weighted by Crippen LogP contribution is 2.39. The summed E-state index contributed by atoms with van der Waals surface area (Å²) < 4.78 is 6.39. The molecule has 1 aromatic heterocycles. The lowest BCUT2D eigenvalue weighted by molar-refractivity contribution is -0.0108. The van der Waals surface area contributed by atoms with Crippen molar-refractivity contribution in [3.05, 3.63) is 66.0 Å². The highest BCUT2D eigenvalue weighted by atomic mass is 16.5. The molecule has 1 amide bonds. The van der Waals surface area contributed by atoms with Crippen LogP contribution in [0.4, 0.5) is 0 Å². The van der Waals surface area contributed by atoms with Gasteiger partial charge in [0, 0.05) is 25.9 Å². The van der Waals surface area contributed by atoms with Gasteiger partial charge in [-0.2, -0.15) is 0 Å². The average molecular weight is 359 g/mol. The van der Waals surface area contributed by atoms with Gasteiger partial charge in [0.2, 0.25) is 0 Å². The van der Waals surface area contributed by atoms with Crippen LogP contribution in [0.25, 0.3) is 11.0 Å². The van der Waals surface area contributed by atoms with Crippen molar-refractivity contribution in [2.45, 2.75) is 31.3 Å². The van der Waals surface area contributed by atoms with Gasteiger partial charge in [-0.3, -0.25) is 9.78 Å². The Labute approximate surface area is 158 Å². The summed E-state index contributed by atoms with van der Waals surface area (Å²) in [5.74, 6) is 0.961. The maximum absolute atomic E-state index is 12.9. The van der Waals surface area contributed by atoms with Gasteiger partial charge in [0.1, 0.15) is 17.0 Å². The van der Waals surface area contributed by atoms with E-state index in [1.165, 1.54) is 5.56 Å². The van der Waals surface area contributed by atoms with E-state index in [1.807, 2.05) is 35.2 Å². The summed E-state index contributed by atoms with van der Waals surface area (Å²) in [7, 11) is 0. The summed E-state index contributed by atoms with van der Waals surface area (Å²) in [4.78, 5) is 23.6. The topological polar surface area (TPSA) is 55.3 Å². The van der Waals surface area contributed by atoms with Crippen molar-refractivity contribution in [1.82, 2.24) is 14.9 Å². The molecule has 5 heteroatoms. The van der Waals surface area contributed by atoms with E-state index in [0.717, 1.165) is 42.5 Å². The SMILES string of the molecule is O=C(c1cnc2ccccc2n1)N1CCC2(CCc3ccccc3O2)CC1. The molecule has 1 fully saturated rings. The second kappa shape index (κ2) is 6.34. The number of aryl methyl sites for hydroxylation is 1. The fourth-order valence-electron chi connectivity index (χ4n) is 4.15. The van der Waals surface area contributed by atoms with Crippen LogP contribution >= 0.6 is 0 Å². The molecule has 0 atom stereocenters. The number of benzene rings is 2. The Balaban J connectivity index is 1.31. The van der Waals surface area contributed by atoms with Crippen LogP contribution < -0.4 is 4.74 Å². The molecule has 2 aliphatic rings. The number of ether oxygens (including phenoxy) is 1. The molecule has 0 saturated carbocycles. The molecule has 3 aromatic rings. The normalized spacial score (nSPS) is 18.1. The predicted molar refractivity (Wildman–Crippen MR) is 103 cm³/mol. The minimum atomic E-state index is -0.139. The third-order valence-corrected chi connectivity index (χ3v) is 5.78. The Morgan fingerprint density at radius 3 is 2.56 bits per heavy atom. The number of amides is 1. The largest absolute Gasteiger partial charge is 0.487 e. The molecule has 136 valence electrons. The van der Waals surface area contributed by atoms with E-state index in [0.29, 0.717) is 18.8 Å². The number of hydrogen-bond acceptors (Lipinski definition) is 4. The van der Waals surface area contributed by atoms with E-state index in [4.69, 9.17) is 4.74 Å². The van der Waals surface area contributed by atoms with Gasteiger partial charge in [0.25, 0.3) is 5.91 Å². The molecule has 0 aliphatic carbocycles. The molecule has 0 unspecified atom stereocenters. The first kappa shape index (κ1) is 16.2. The molecule has 27 heavy (non-hydrogen) atoms. The molecule has 0 N–H and O–H groups in total. The number of fused-ring (bicyclic) bond motifs is 2. The Hall–Kier alpha value is -2.95. The number of piperidine rings is 1. The van der Waals surface area contributed by atoms with Crippen LogP contribution in [0, 0.1) is 0 Å². The van der Waals surface area contributed by atoms with Gasteiger partial charge < -0.3 is 9.64 Å². The Morgan fingerprint density at radius 2 is 1.70 bits per heavy atom. The van der Waals surface area contributed by atoms with Crippen molar-refractivity contribution in [3.63, 3.8) is 0 Å². The van der Waals surface area contributed by atoms with Crippen LogP contribution in [-0.2, 0) is 6.42 Å².